The van der Waals surface area contributed by atoms with Crippen LogP contribution >= 0.6 is 0 Å². The van der Waals surface area contributed by atoms with Gasteiger partial charge in [-0.05, 0) is 31.0 Å². The summed E-state index contributed by atoms with van der Waals surface area (Å²) in [5.41, 5.74) is 0.376. The minimum absolute atomic E-state index is 0.157. The molecule has 1 aromatic rings. The summed E-state index contributed by atoms with van der Waals surface area (Å²) in [6.45, 7) is 4.15. The van der Waals surface area contributed by atoms with Gasteiger partial charge in [-0.15, -0.1) is 0 Å². The number of halogens is 2. The smallest absolute Gasteiger partial charge is 0.223 e. The number of rotatable bonds is 6. The molecule has 0 aromatic heterocycles. The Kier molecular flexibility index (Phi) is 6.37. The molecule has 0 bridgehead atoms. The number of hydrogen-bond donors (Lipinski definition) is 1. The van der Waals surface area contributed by atoms with Crippen molar-refractivity contribution in [3.8, 4) is 0 Å². The van der Waals surface area contributed by atoms with Gasteiger partial charge in [0.05, 0.1) is 0 Å². The molecule has 6 heteroatoms. The Labute approximate surface area is 148 Å². The van der Waals surface area contributed by atoms with Gasteiger partial charge in [0, 0.05) is 57.3 Å². The molecule has 0 atom stereocenters. The predicted molar refractivity (Wildman–Crippen MR) is 93.1 cm³/mol. The Balaban J connectivity index is 1.63. The van der Waals surface area contributed by atoms with E-state index in [1.807, 2.05) is 4.90 Å². The Morgan fingerprint density at radius 1 is 1.20 bits per heavy atom. The topological polar surface area (TPSA) is 35.6 Å². The minimum atomic E-state index is -0.417. The second-order valence-electron chi connectivity index (χ2n) is 7.03. The zero-order valence-corrected chi connectivity index (χ0v) is 14.6. The number of piperazine rings is 1. The lowest BCUT2D eigenvalue weighted by Crippen LogP contribution is -2.47. The Morgan fingerprint density at radius 2 is 1.92 bits per heavy atom. The minimum Gasteiger partial charge on any atom is -0.340 e. The van der Waals surface area contributed by atoms with E-state index >= 15 is 0 Å². The molecule has 1 saturated carbocycles. The van der Waals surface area contributed by atoms with Crippen molar-refractivity contribution in [1.82, 2.24) is 15.1 Å². The third kappa shape index (κ3) is 4.98. The quantitative estimate of drug-likeness (QED) is 0.856. The van der Waals surface area contributed by atoms with Gasteiger partial charge < -0.3 is 10.2 Å². The molecule has 1 aromatic carbocycles. The maximum atomic E-state index is 14.0. The van der Waals surface area contributed by atoms with E-state index in [9.17, 15) is 13.6 Å². The van der Waals surface area contributed by atoms with E-state index in [2.05, 4.69) is 10.2 Å². The zero-order valence-electron chi connectivity index (χ0n) is 14.6. The van der Waals surface area contributed by atoms with Crippen molar-refractivity contribution >= 4 is 5.91 Å². The number of amides is 1. The van der Waals surface area contributed by atoms with Gasteiger partial charge in [-0.25, -0.2) is 8.78 Å². The molecule has 2 aliphatic rings. The van der Waals surface area contributed by atoms with Gasteiger partial charge in [0.2, 0.25) is 5.91 Å². The normalized spacial score (nSPS) is 18.9. The van der Waals surface area contributed by atoms with Crippen molar-refractivity contribution in [3.05, 3.63) is 35.4 Å². The van der Waals surface area contributed by atoms with Crippen molar-refractivity contribution in [2.45, 2.75) is 44.7 Å². The van der Waals surface area contributed by atoms with Crippen LogP contribution in [0.3, 0.4) is 0 Å². The van der Waals surface area contributed by atoms with Crippen molar-refractivity contribution in [2.75, 3.05) is 32.7 Å². The van der Waals surface area contributed by atoms with E-state index in [-0.39, 0.29) is 11.7 Å². The van der Waals surface area contributed by atoms with Crippen LogP contribution in [0.15, 0.2) is 18.2 Å². The molecule has 1 heterocycles. The summed E-state index contributed by atoms with van der Waals surface area (Å²) >= 11 is 0. The maximum Gasteiger partial charge on any atom is 0.223 e. The Hall–Kier alpha value is -1.53. The summed E-state index contributed by atoms with van der Waals surface area (Å²) < 4.78 is 27.5. The van der Waals surface area contributed by atoms with Crippen LogP contribution in [0.4, 0.5) is 8.78 Å². The molecular weight excluding hydrogens is 324 g/mol. The Bertz CT molecular complexity index is 584. The van der Waals surface area contributed by atoms with E-state index in [0.29, 0.717) is 31.1 Å². The number of benzene rings is 1. The summed E-state index contributed by atoms with van der Waals surface area (Å²) in [7, 11) is 0. The average Bonchev–Trinajstić information content (AvgIpc) is 3.16. The first-order valence-corrected chi connectivity index (χ1v) is 9.30. The van der Waals surface area contributed by atoms with Crippen LogP contribution in [0.2, 0.25) is 0 Å². The first-order chi connectivity index (χ1) is 12.1. The molecule has 4 nitrogen and oxygen atoms in total. The van der Waals surface area contributed by atoms with Crippen molar-refractivity contribution in [2.24, 2.45) is 0 Å². The van der Waals surface area contributed by atoms with E-state index in [4.69, 9.17) is 0 Å². The average molecular weight is 351 g/mol. The summed E-state index contributed by atoms with van der Waals surface area (Å²) in [4.78, 5) is 16.5. The van der Waals surface area contributed by atoms with Crippen LogP contribution in [0.5, 0.6) is 0 Å². The number of hydrogen-bond acceptors (Lipinski definition) is 3. The van der Waals surface area contributed by atoms with Gasteiger partial charge in [0.15, 0.2) is 0 Å². The van der Waals surface area contributed by atoms with Gasteiger partial charge in [0.1, 0.15) is 11.6 Å². The lowest BCUT2D eigenvalue weighted by atomic mass is 10.1. The molecule has 1 aliphatic heterocycles. The van der Waals surface area contributed by atoms with Gasteiger partial charge in [-0.1, -0.05) is 12.8 Å². The molecule has 3 rings (SSSR count). The van der Waals surface area contributed by atoms with Gasteiger partial charge in [-0.2, -0.15) is 0 Å². The number of carbonyl (C=O) groups is 1. The fourth-order valence-electron chi connectivity index (χ4n) is 3.86. The third-order valence-electron chi connectivity index (χ3n) is 5.30. The van der Waals surface area contributed by atoms with Crippen LogP contribution in [-0.2, 0) is 11.3 Å². The van der Waals surface area contributed by atoms with Gasteiger partial charge in [0.25, 0.3) is 0 Å². The van der Waals surface area contributed by atoms with E-state index in [1.165, 1.54) is 25.0 Å². The third-order valence-corrected chi connectivity index (χ3v) is 5.30. The van der Waals surface area contributed by atoms with E-state index in [1.54, 1.807) is 0 Å². The summed E-state index contributed by atoms with van der Waals surface area (Å²) in [6, 6.07) is 3.96. The van der Waals surface area contributed by atoms with E-state index < -0.39 is 5.82 Å². The highest BCUT2D eigenvalue weighted by Crippen LogP contribution is 2.26. The van der Waals surface area contributed by atoms with Gasteiger partial charge >= 0.3 is 0 Å². The molecule has 1 N–H and O–H groups in total. The molecule has 1 amide bonds. The first kappa shape index (κ1) is 18.3. The molecular formula is C19H27F2N3O. The van der Waals surface area contributed by atoms with Crippen molar-refractivity contribution < 1.29 is 13.6 Å². The standard InChI is InChI=1S/C19H27F2N3O/c20-16-5-6-18(21)15(13-16)14-24(17-3-1-2-4-17)10-7-19(25)23-11-8-22-9-12-23/h5-6,13,17,22H,1-4,7-12,14H2. The largest absolute Gasteiger partial charge is 0.340 e. The van der Waals surface area contributed by atoms with Gasteiger partial charge in [-0.3, -0.25) is 9.69 Å². The molecule has 1 saturated heterocycles. The molecule has 0 unspecified atom stereocenters. The molecule has 25 heavy (non-hydrogen) atoms. The summed E-state index contributed by atoms with van der Waals surface area (Å²) in [6.07, 6.45) is 4.90. The lowest BCUT2D eigenvalue weighted by Gasteiger charge is -2.31. The van der Waals surface area contributed by atoms with Crippen LogP contribution in [-0.4, -0.2) is 54.5 Å². The highest BCUT2D eigenvalue weighted by atomic mass is 19.1. The molecule has 0 radical (unpaired) electrons. The lowest BCUT2D eigenvalue weighted by molar-refractivity contribution is -0.132. The fourth-order valence-corrected chi connectivity index (χ4v) is 3.86. The predicted octanol–water partition coefficient (Wildman–Crippen LogP) is 2.53. The first-order valence-electron chi connectivity index (χ1n) is 9.30. The summed E-state index contributed by atoms with van der Waals surface area (Å²) in [5, 5.41) is 3.24. The molecule has 138 valence electrons. The van der Waals surface area contributed by atoms with Crippen LogP contribution < -0.4 is 5.32 Å². The molecule has 0 spiro atoms. The highest BCUT2D eigenvalue weighted by molar-refractivity contribution is 5.76. The van der Waals surface area contributed by atoms with Crippen LogP contribution in [0.25, 0.3) is 0 Å². The molecule has 2 fully saturated rings. The highest BCUT2D eigenvalue weighted by Gasteiger charge is 2.25. The van der Waals surface area contributed by atoms with Crippen molar-refractivity contribution in [1.29, 1.82) is 0 Å². The second kappa shape index (κ2) is 8.72. The zero-order chi connectivity index (χ0) is 17.6. The van der Waals surface area contributed by atoms with Crippen molar-refractivity contribution in [3.63, 3.8) is 0 Å². The maximum absolute atomic E-state index is 14.0. The number of carbonyl (C=O) groups excluding carboxylic acids is 1. The molecule has 1 aliphatic carbocycles. The van der Waals surface area contributed by atoms with E-state index in [0.717, 1.165) is 45.1 Å². The van der Waals surface area contributed by atoms with Crippen LogP contribution in [0, 0.1) is 11.6 Å². The monoisotopic (exact) mass is 351 g/mol. The number of nitrogens with zero attached hydrogens (tertiary/aromatic N) is 2. The number of nitrogens with one attached hydrogen (secondary N) is 1. The second-order valence-corrected chi connectivity index (χ2v) is 7.03. The summed E-state index contributed by atoms with van der Waals surface area (Å²) in [5.74, 6) is -0.637. The van der Waals surface area contributed by atoms with Crippen LogP contribution in [0.1, 0.15) is 37.7 Å². The SMILES string of the molecule is O=C(CCN(Cc1cc(F)ccc1F)C1CCCC1)N1CCNCC1. The Morgan fingerprint density at radius 3 is 2.64 bits per heavy atom. The fraction of sp³-hybridized carbons (Fsp3) is 0.632.